The molecule has 0 radical (unpaired) electrons. The van der Waals surface area contributed by atoms with Crippen LogP contribution in [0.5, 0.6) is 0 Å². The summed E-state index contributed by atoms with van der Waals surface area (Å²) in [4.78, 5) is 0. The maximum Gasteiger partial charge on any atom is 0.301 e. The third-order valence-corrected chi connectivity index (χ3v) is 1.85. The maximum absolute atomic E-state index is 12.2. The van der Waals surface area contributed by atoms with Gasteiger partial charge in [0, 0.05) is 6.42 Å². The van der Waals surface area contributed by atoms with Gasteiger partial charge in [0.1, 0.15) is 0 Å². The minimum absolute atomic E-state index is 0.0205. The van der Waals surface area contributed by atoms with Gasteiger partial charge in [-0.2, -0.15) is 8.78 Å². The molecule has 0 spiro atoms. The van der Waals surface area contributed by atoms with Crippen molar-refractivity contribution in [2.45, 2.75) is 38.7 Å². The fourth-order valence-electron chi connectivity index (χ4n) is 0.650. The largest absolute Gasteiger partial charge is 0.390 e. The molecule has 1 atom stereocenters. The van der Waals surface area contributed by atoms with E-state index in [2.05, 4.69) is 0 Å². The Kier molecular flexibility index (Phi) is 4.31. The van der Waals surface area contributed by atoms with Gasteiger partial charge < -0.3 is 5.11 Å². The molecule has 4 heteroatoms. The second kappa shape index (κ2) is 4.50. The Hall–Kier alpha value is -0.510. The summed E-state index contributed by atoms with van der Waals surface area (Å²) in [7, 11) is 0. The molecule has 0 aromatic heterocycles. The lowest BCUT2D eigenvalue weighted by Crippen LogP contribution is -2.22. The monoisotopic (exact) mass is 182 g/mol. The predicted molar refractivity (Wildman–Crippen MR) is 40.5 cm³/mol. The lowest BCUT2D eigenvalue weighted by molar-refractivity contribution is 0.0454. The van der Waals surface area contributed by atoms with E-state index in [1.165, 1.54) is 6.92 Å². The molecule has 0 bridgehead atoms. The van der Waals surface area contributed by atoms with E-state index < -0.39 is 23.9 Å². The molecule has 0 saturated carbocycles. The van der Waals surface area contributed by atoms with E-state index in [0.29, 0.717) is 6.42 Å². The Labute approximate surface area is 69.9 Å². The van der Waals surface area contributed by atoms with E-state index >= 15 is 0 Å². The third-order valence-electron chi connectivity index (χ3n) is 1.85. The molecule has 1 nitrogen and oxygen atoms in total. The van der Waals surface area contributed by atoms with Gasteiger partial charge in [-0.1, -0.05) is 6.92 Å². The van der Waals surface area contributed by atoms with E-state index in [1.54, 1.807) is 6.92 Å². The number of hydrogen-bond acceptors (Lipinski definition) is 1. The summed E-state index contributed by atoms with van der Waals surface area (Å²) < 4.78 is 35.3. The van der Waals surface area contributed by atoms with E-state index in [1.807, 2.05) is 0 Å². The highest BCUT2D eigenvalue weighted by molar-refractivity contribution is 4.93. The van der Waals surface area contributed by atoms with Crippen LogP contribution < -0.4 is 0 Å². The summed E-state index contributed by atoms with van der Waals surface area (Å²) in [6.07, 6.45) is -2.24. The Morgan fingerprint density at radius 3 is 2.17 bits per heavy atom. The molecule has 0 amide bonds. The summed E-state index contributed by atoms with van der Waals surface area (Å²) in [6.45, 7) is 3.21. The fourth-order valence-corrected chi connectivity index (χ4v) is 0.650. The Morgan fingerprint density at radius 2 is 1.83 bits per heavy atom. The van der Waals surface area contributed by atoms with Gasteiger partial charge in [-0.15, -0.1) is 0 Å². The van der Waals surface area contributed by atoms with Gasteiger partial charge in [0.15, 0.2) is 5.83 Å². The lowest BCUT2D eigenvalue weighted by atomic mass is 9.97. The molecule has 0 aromatic rings. The molecule has 0 aliphatic heterocycles. The number of rotatable bonds is 4. The van der Waals surface area contributed by atoms with Crippen LogP contribution in [-0.4, -0.2) is 10.7 Å². The van der Waals surface area contributed by atoms with Crippen LogP contribution >= 0.6 is 0 Å². The highest BCUT2D eigenvalue weighted by Crippen LogP contribution is 2.22. The van der Waals surface area contributed by atoms with E-state index in [4.69, 9.17) is 0 Å². The van der Waals surface area contributed by atoms with Crippen LogP contribution in [0.15, 0.2) is 11.9 Å². The van der Waals surface area contributed by atoms with Crippen LogP contribution in [-0.2, 0) is 0 Å². The van der Waals surface area contributed by atoms with Crippen LogP contribution in [0.2, 0.25) is 0 Å². The highest BCUT2D eigenvalue weighted by Gasteiger charge is 2.19. The van der Waals surface area contributed by atoms with Gasteiger partial charge in [-0.05, 0) is 19.8 Å². The van der Waals surface area contributed by atoms with E-state index in [0.717, 1.165) is 0 Å². The van der Waals surface area contributed by atoms with Crippen LogP contribution in [0.4, 0.5) is 13.2 Å². The molecule has 0 unspecified atom stereocenters. The SMILES string of the molecule is CC[C@@](C)(O)CCC(F)=C(F)F. The first-order valence-electron chi connectivity index (χ1n) is 3.81. The molecule has 0 aliphatic rings. The third kappa shape index (κ3) is 4.38. The van der Waals surface area contributed by atoms with Crippen molar-refractivity contribution >= 4 is 0 Å². The fraction of sp³-hybridized carbons (Fsp3) is 0.750. The van der Waals surface area contributed by atoms with Crippen LogP contribution in [0, 0.1) is 0 Å². The molecular formula is C8H13F3O. The number of aliphatic hydroxyl groups is 1. The minimum atomic E-state index is -2.29. The normalized spacial score (nSPS) is 15.5. The maximum atomic E-state index is 12.2. The molecule has 0 rings (SSSR count). The van der Waals surface area contributed by atoms with Crippen molar-refractivity contribution < 1.29 is 18.3 Å². The van der Waals surface area contributed by atoms with Crippen molar-refractivity contribution in [1.29, 1.82) is 0 Å². The van der Waals surface area contributed by atoms with Gasteiger partial charge in [0.05, 0.1) is 5.60 Å². The second-order valence-corrected chi connectivity index (χ2v) is 3.02. The minimum Gasteiger partial charge on any atom is -0.390 e. The zero-order valence-corrected chi connectivity index (χ0v) is 7.20. The zero-order valence-electron chi connectivity index (χ0n) is 7.20. The quantitative estimate of drug-likeness (QED) is 0.708. The van der Waals surface area contributed by atoms with Gasteiger partial charge in [0.25, 0.3) is 0 Å². The summed E-state index contributed by atoms with van der Waals surface area (Å²) in [6, 6.07) is 0. The number of halogens is 3. The average molecular weight is 182 g/mol. The Balaban J connectivity index is 3.92. The van der Waals surface area contributed by atoms with Crippen LogP contribution in [0.25, 0.3) is 0 Å². The molecular weight excluding hydrogens is 169 g/mol. The summed E-state index contributed by atoms with van der Waals surface area (Å²) in [5.41, 5.74) is -1.05. The molecule has 12 heavy (non-hydrogen) atoms. The first kappa shape index (κ1) is 11.5. The van der Waals surface area contributed by atoms with Crippen LogP contribution in [0.1, 0.15) is 33.1 Å². The van der Waals surface area contributed by atoms with Gasteiger partial charge in [-0.3, -0.25) is 0 Å². The summed E-state index contributed by atoms with van der Waals surface area (Å²) in [5.74, 6) is -1.43. The second-order valence-electron chi connectivity index (χ2n) is 3.02. The first-order chi connectivity index (χ1) is 5.39. The van der Waals surface area contributed by atoms with Gasteiger partial charge in [0.2, 0.25) is 0 Å². The highest BCUT2D eigenvalue weighted by atomic mass is 19.3. The van der Waals surface area contributed by atoms with Crippen molar-refractivity contribution in [3.8, 4) is 0 Å². The molecule has 0 saturated heterocycles. The van der Waals surface area contributed by atoms with Crippen molar-refractivity contribution in [1.82, 2.24) is 0 Å². The van der Waals surface area contributed by atoms with Crippen molar-refractivity contribution in [3.05, 3.63) is 11.9 Å². The van der Waals surface area contributed by atoms with Crippen molar-refractivity contribution in [2.75, 3.05) is 0 Å². The van der Waals surface area contributed by atoms with Crippen molar-refractivity contribution in [2.24, 2.45) is 0 Å². The molecule has 0 fully saturated rings. The van der Waals surface area contributed by atoms with Gasteiger partial charge in [-0.25, -0.2) is 4.39 Å². The first-order valence-corrected chi connectivity index (χ1v) is 3.81. The summed E-state index contributed by atoms with van der Waals surface area (Å²) >= 11 is 0. The van der Waals surface area contributed by atoms with Crippen molar-refractivity contribution in [3.63, 3.8) is 0 Å². The lowest BCUT2D eigenvalue weighted by Gasteiger charge is -2.19. The average Bonchev–Trinajstić information content (AvgIpc) is 2.00. The van der Waals surface area contributed by atoms with E-state index in [-0.39, 0.29) is 6.42 Å². The molecule has 0 aliphatic carbocycles. The molecule has 0 heterocycles. The molecule has 72 valence electrons. The predicted octanol–water partition coefficient (Wildman–Crippen LogP) is 3.01. The molecule has 1 N–H and O–H groups in total. The van der Waals surface area contributed by atoms with Crippen LogP contribution in [0.3, 0.4) is 0 Å². The standard InChI is InChI=1S/C8H13F3O/c1-3-8(2,12)5-4-6(9)7(10)11/h12H,3-5H2,1-2H3/t8-/m1/s1. The summed E-state index contributed by atoms with van der Waals surface area (Å²) in [5, 5.41) is 9.32. The Bertz CT molecular complexity index is 171. The molecule has 0 aromatic carbocycles. The topological polar surface area (TPSA) is 20.2 Å². The zero-order chi connectivity index (χ0) is 9.78. The van der Waals surface area contributed by atoms with Gasteiger partial charge >= 0.3 is 6.08 Å². The number of hydrogen-bond donors (Lipinski definition) is 1. The number of allylic oxidation sites excluding steroid dienone is 1. The Morgan fingerprint density at radius 1 is 1.33 bits per heavy atom. The smallest absolute Gasteiger partial charge is 0.301 e. The van der Waals surface area contributed by atoms with E-state index in [9.17, 15) is 18.3 Å².